The fraction of sp³-hybridized carbons (Fsp3) is 0.571. The van der Waals surface area contributed by atoms with Crippen molar-refractivity contribution in [3.63, 3.8) is 0 Å². The minimum absolute atomic E-state index is 0.0227. The van der Waals surface area contributed by atoms with Crippen LogP contribution in [0.25, 0.3) is 0 Å². The van der Waals surface area contributed by atoms with E-state index in [9.17, 15) is 9.59 Å². The lowest BCUT2D eigenvalue weighted by molar-refractivity contribution is -0.151. The summed E-state index contributed by atoms with van der Waals surface area (Å²) in [5.41, 5.74) is 10.1. The molecule has 74 valence electrons. The van der Waals surface area contributed by atoms with E-state index in [1.165, 1.54) is 0 Å². The Morgan fingerprint density at radius 3 is 2.46 bits per heavy atom. The Morgan fingerprint density at radius 1 is 1.38 bits per heavy atom. The summed E-state index contributed by atoms with van der Waals surface area (Å²) in [5, 5.41) is 0. The topological polar surface area (TPSA) is 108 Å². The zero-order valence-electron chi connectivity index (χ0n) is 7.45. The smallest absolute Gasteiger partial charge is 0.374 e. The highest BCUT2D eigenvalue weighted by Crippen LogP contribution is 1.93. The third kappa shape index (κ3) is 5.66. The number of hydrogen-bond acceptors (Lipinski definition) is 4. The van der Waals surface area contributed by atoms with Crippen LogP contribution in [0.15, 0.2) is 4.99 Å². The van der Waals surface area contributed by atoms with Gasteiger partial charge in [0, 0.05) is 13.0 Å². The van der Waals surface area contributed by atoms with Gasteiger partial charge in [0.05, 0.1) is 7.11 Å². The number of carbonyl (C=O) groups excluding carboxylic acids is 2. The summed E-state index contributed by atoms with van der Waals surface area (Å²) in [6, 6.07) is 0. The summed E-state index contributed by atoms with van der Waals surface area (Å²) in [6.45, 7) is 0.338. The maximum absolute atomic E-state index is 10.8. The number of hydrogen-bond donors (Lipinski definition) is 2. The molecule has 0 heterocycles. The summed E-state index contributed by atoms with van der Waals surface area (Å²) in [4.78, 5) is 25.1. The molecular weight excluding hydrogens is 174 g/mol. The largest absolute Gasteiger partial charge is 0.463 e. The van der Waals surface area contributed by atoms with Crippen molar-refractivity contribution in [1.29, 1.82) is 0 Å². The lowest BCUT2D eigenvalue weighted by Crippen LogP contribution is -2.23. The van der Waals surface area contributed by atoms with E-state index in [4.69, 9.17) is 11.5 Å². The van der Waals surface area contributed by atoms with Crippen molar-refractivity contribution in [2.75, 3.05) is 13.7 Å². The van der Waals surface area contributed by atoms with Crippen LogP contribution in [0, 0.1) is 0 Å². The first-order valence-electron chi connectivity index (χ1n) is 3.74. The molecule has 0 radical (unpaired) electrons. The van der Waals surface area contributed by atoms with Gasteiger partial charge in [-0.2, -0.15) is 0 Å². The molecule has 4 N–H and O–H groups in total. The van der Waals surface area contributed by atoms with Gasteiger partial charge in [0.1, 0.15) is 0 Å². The van der Waals surface area contributed by atoms with Crippen LogP contribution in [0.1, 0.15) is 12.8 Å². The number of ether oxygens (including phenoxy) is 1. The van der Waals surface area contributed by atoms with E-state index in [0.717, 1.165) is 7.11 Å². The lowest BCUT2D eigenvalue weighted by atomic mass is 10.2. The third-order valence-corrected chi connectivity index (χ3v) is 1.27. The molecule has 0 aliphatic carbocycles. The van der Waals surface area contributed by atoms with Crippen molar-refractivity contribution in [3.8, 4) is 0 Å². The summed E-state index contributed by atoms with van der Waals surface area (Å²) < 4.78 is 4.22. The Kier molecular flexibility index (Phi) is 5.25. The normalized spacial score (nSPS) is 9.00. The van der Waals surface area contributed by atoms with Crippen LogP contribution >= 0.6 is 0 Å². The summed E-state index contributed by atoms with van der Waals surface area (Å²) in [6.07, 6.45) is 0.537. The van der Waals surface area contributed by atoms with Gasteiger partial charge in [-0.25, -0.2) is 4.79 Å². The first-order valence-corrected chi connectivity index (χ1v) is 3.74. The van der Waals surface area contributed by atoms with E-state index < -0.39 is 11.8 Å². The zero-order chi connectivity index (χ0) is 10.3. The SMILES string of the molecule is COC(=O)C(=O)CCCN=C(N)N. The quantitative estimate of drug-likeness (QED) is 0.184. The fourth-order valence-electron chi connectivity index (χ4n) is 0.664. The number of guanidine groups is 1. The predicted molar refractivity (Wildman–Crippen MR) is 46.9 cm³/mol. The summed E-state index contributed by atoms with van der Waals surface area (Å²) in [5.74, 6) is -1.41. The first-order chi connectivity index (χ1) is 6.07. The highest BCUT2D eigenvalue weighted by molar-refractivity contribution is 6.33. The molecule has 0 aliphatic heterocycles. The van der Waals surface area contributed by atoms with Crippen LogP contribution in [0.4, 0.5) is 0 Å². The van der Waals surface area contributed by atoms with Crippen LogP contribution in [-0.2, 0) is 14.3 Å². The van der Waals surface area contributed by atoms with Gasteiger partial charge < -0.3 is 16.2 Å². The average molecular weight is 187 g/mol. The number of carbonyl (C=O) groups is 2. The van der Waals surface area contributed by atoms with Crippen molar-refractivity contribution >= 4 is 17.7 Å². The molecule has 0 unspecified atom stereocenters. The molecule has 0 saturated heterocycles. The van der Waals surface area contributed by atoms with Gasteiger partial charge in [-0.15, -0.1) is 0 Å². The van der Waals surface area contributed by atoms with Gasteiger partial charge >= 0.3 is 5.97 Å². The Morgan fingerprint density at radius 2 is 2.00 bits per heavy atom. The monoisotopic (exact) mass is 187 g/mol. The van der Waals surface area contributed by atoms with Crippen molar-refractivity contribution in [2.24, 2.45) is 16.5 Å². The molecule has 0 rings (SSSR count). The van der Waals surface area contributed by atoms with Gasteiger partial charge in [-0.3, -0.25) is 9.79 Å². The number of nitrogens with zero attached hydrogens (tertiary/aromatic N) is 1. The molecule has 0 aromatic rings. The third-order valence-electron chi connectivity index (χ3n) is 1.27. The van der Waals surface area contributed by atoms with E-state index in [-0.39, 0.29) is 12.4 Å². The van der Waals surface area contributed by atoms with Gasteiger partial charge in [0.15, 0.2) is 5.96 Å². The van der Waals surface area contributed by atoms with Crippen LogP contribution in [0.3, 0.4) is 0 Å². The molecule has 0 aliphatic rings. The number of methoxy groups -OCH3 is 1. The Balaban J connectivity index is 3.60. The Bertz CT molecular complexity index is 221. The highest BCUT2D eigenvalue weighted by atomic mass is 16.5. The second-order valence-corrected chi connectivity index (χ2v) is 2.32. The van der Waals surface area contributed by atoms with Gasteiger partial charge in [-0.1, -0.05) is 0 Å². The summed E-state index contributed by atoms with van der Waals surface area (Å²) in [7, 11) is 1.16. The van der Waals surface area contributed by atoms with Gasteiger partial charge in [-0.05, 0) is 6.42 Å². The van der Waals surface area contributed by atoms with Crippen LogP contribution in [0.5, 0.6) is 0 Å². The van der Waals surface area contributed by atoms with Crippen molar-refractivity contribution in [3.05, 3.63) is 0 Å². The van der Waals surface area contributed by atoms with Crippen molar-refractivity contribution in [2.45, 2.75) is 12.8 Å². The molecule has 0 atom stereocenters. The predicted octanol–water partition coefficient (Wildman–Crippen LogP) is -1.22. The number of esters is 1. The molecule has 0 aromatic heterocycles. The minimum Gasteiger partial charge on any atom is -0.463 e. The number of rotatable bonds is 5. The molecule has 6 heteroatoms. The number of Topliss-reactive ketones (excluding diaryl/α,β-unsaturated/α-hetero) is 1. The van der Waals surface area contributed by atoms with Crippen LogP contribution < -0.4 is 11.5 Å². The molecule has 0 spiro atoms. The molecule has 0 bridgehead atoms. The van der Waals surface area contributed by atoms with E-state index in [2.05, 4.69) is 9.73 Å². The van der Waals surface area contributed by atoms with E-state index in [1.807, 2.05) is 0 Å². The minimum atomic E-state index is -0.829. The number of aliphatic imine (C=N–C) groups is 1. The van der Waals surface area contributed by atoms with Crippen molar-refractivity contribution < 1.29 is 14.3 Å². The zero-order valence-corrected chi connectivity index (χ0v) is 7.45. The van der Waals surface area contributed by atoms with E-state index >= 15 is 0 Å². The Labute approximate surface area is 75.9 Å². The fourth-order valence-corrected chi connectivity index (χ4v) is 0.664. The standard InChI is InChI=1S/C7H13N3O3/c1-13-6(12)5(11)3-2-4-10-7(8)9/h2-4H2,1H3,(H4,8,9,10). The molecule has 0 amide bonds. The second-order valence-electron chi connectivity index (χ2n) is 2.32. The molecule has 6 nitrogen and oxygen atoms in total. The first kappa shape index (κ1) is 11.4. The molecular formula is C7H13N3O3. The Hall–Kier alpha value is -1.59. The maximum Gasteiger partial charge on any atom is 0.374 e. The van der Waals surface area contributed by atoms with Crippen molar-refractivity contribution in [1.82, 2.24) is 0 Å². The maximum atomic E-state index is 10.8. The van der Waals surface area contributed by atoms with E-state index in [0.29, 0.717) is 13.0 Å². The number of ketones is 1. The van der Waals surface area contributed by atoms with Gasteiger partial charge in [0.2, 0.25) is 5.78 Å². The summed E-state index contributed by atoms with van der Waals surface area (Å²) >= 11 is 0. The molecule has 0 saturated carbocycles. The molecule has 0 fully saturated rings. The molecule has 0 aromatic carbocycles. The van der Waals surface area contributed by atoms with E-state index in [1.54, 1.807) is 0 Å². The lowest BCUT2D eigenvalue weighted by Gasteiger charge is -1.96. The highest BCUT2D eigenvalue weighted by Gasteiger charge is 2.12. The average Bonchev–Trinajstić information content (AvgIpc) is 2.10. The van der Waals surface area contributed by atoms with Gasteiger partial charge in [0.25, 0.3) is 0 Å². The second kappa shape index (κ2) is 5.99. The van der Waals surface area contributed by atoms with Crippen LogP contribution in [0.2, 0.25) is 0 Å². The number of nitrogens with two attached hydrogens (primary N) is 2. The van der Waals surface area contributed by atoms with Crippen LogP contribution in [-0.4, -0.2) is 31.4 Å². The molecule has 13 heavy (non-hydrogen) atoms.